The Morgan fingerprint density at radius 3 is 2.46 bits per heavy atom. The molecule has 0 saturated carbocycles. The van der Waals surface area contributed by atoms with Crippen LogP contribution in [0.4, 0.5) is 30.4 Å². The molecular formula is C19H16ClF3N4O. The first-order valence-corrected chi connectivity index (χ1v) is 8.52. The Balaban J connectivity index is 1.88. The summed E-state index contributed by atoms with van der Waals surface area (Å²) < 4.78 is 44.8. The third-order valence-corrected chi connectivity index (χ3v) is 4.40. The van der Waals surface area contributed by atoms with Crippen molar-refractivity contribution in [3.63, 3.8) is 0 Å². The second-order valence-corrected chi connectivity index (χ2v) is 6.51. The summed E-state index contributed by atoms with van der Waals surface area (Å²) in [5.41, 5.74) is 7.40. The molecular weight excluding hydrogens is 393 g/mol. The van der Waals surface area contributed by atoms with Crippen LogP contribution in [0.5, 0.6) is 11.6 Å². The predicted molar refractivity (Wildman–Crippen MR) is 102 cm³/mol. The van der Waals surface area contributed by atoms with Crippen molar-refractivity contribution in [3.8, 4) is 11.6 Å². The van der Waals surface area contributed by atoms with E-state index in [-0.39, 0.29) is 23.1 Å². The fourth-order valence-corrected chi connectivity index (χ4v) is 2.63. The van der Waals surface area contributed by atoms with E-state index in [9.17, 15) is 13.2 Å². The number of nitrogens with zero attached hydrogens (tertiary/aromatic N) is 2. The van der Waals surface area contributed by atoms with E-state index in [1.165, 1.54) is 12.4 Å². The molecule has 0 atom stereocenters. The van der Waals surface area contributed by atoms with Gasteiger partial charge in [0.25, 0.3) is 0 Å². The Morgan fingerprint density at radius 2 is 1.79 bits per heavy atom. The van der Waals surface area contributed by atoms with Gasteiger partial charge in [0.05, 0.1) is 10.6 Å². The molecule has 0 saturated heterocycles. The molecule has 0 aliphatic carbocycles. The quantitative estimate of drug-likeness (QED) is 0.563. The fraction of sp³-hybridized carbons (Fsp3) is 0.158. The molecule has 5 nitrogen and oxygen atoms in total. The molecule has 28 heavy (non-hydrogen) atoms. The van der Waals surface area contributed by atoms with Gasteiger partial charge in [-0.2, -0.15) is 18.2 Å². The molecule has 3 rings (SSSR count). The SMILES string of the molecule is Cc1ccc(Oc2ncnc(Nc3ccc(Cl)c(C(F)(F)F)c3)c2N)cc1C. The van der Waals surface area contributed by atoms with E-state index in [0.717, 1.165) is 23.3 Å². The van der Waals surface area contributed by atoms with Gasteiger partial charge in [0.2, 0.25) is 5.88 Å². The van der Waals surface area contributed by atoms with E-state index < -0.39 is 16.8 Å². The summed E-state index contributed by atoms with van der Waals surface area (Å²) in [5, 5.41) is 2.35. The average molecular weight is 409 g/mol. The minimum atomic E-state index is -4.58. The van der Waals surface area contributed by atoms with Crippen molar-refractivity contribution in [2.24, 2.45) is 0 Å². The highest BCUT2D eigenvalue weighted by molar-refractivity contribution is 6.31. The highest BCUT2D eigenvalue weighted by Gasteiger charge is 2.33. The van der Waals surface area contributed by atoms with Crippen LogP contribution in [-0.2, 0) is 6.18 Å². The average Bonchev–Trinajstić information content (AvgIpc) is 2.62. The first kappa shape index (κ1) is 19.8. The highest BCUT2D eigenvalue weighted by atomic mass is 35.5. The van der Waals surface area contributed by atoms with Gasteiger partial charge < -0.3 is 15.8 Å². The van der Waals surface area contributed by atoms with E-state index >= 15 is 0 Å². The first-order chi connectivity index (χ1) is 13.1. The number of alkyl halides is 3. The maximum atomic E-state index is 13.0. The number of hydrogen-bond acceptors (Lipinski definition) is 5. The molecule has 0 fully saturated rings. The molecule has 0 radical (unpaired) electrons. The molecule has 0 bridgehead atoms. The third-order valence-electron chi connectivity index (χ3n) is 4.07. The Bertz CT molecular complexity index is 1020. The van der Waals surface area contributed by atoms with Crippen molar-refractivity contribution >= 4 is 28.8 Å². The maximum Gasteiger partial charge on any atom is 0.417 e. The molecule has 3 aromatic rings. The molecule has 1 heterocycles. The predicted octanol–water partition coefficient (Wildman–Crippen LogP) is 5.88. The Labute approximate surface area is 164 Å². The van der Waals surface area contributed by atoms with E-state index in [2.05, 4.69) is 15.3 Å². The molecule has 9 heteroatoms. The summed E-state index contributed by atoms with van der Waals surface area (Å²) in [6.45, 7) is 3.92. The number of aromatic nitrogens is 2. The number of nitrogens with one attached hydrogen (secondary N) is 1. The van der Waals surface area contributed by atoms with Crippen LogP contribution in [0.15, 0.2) is 42.7 Å². The summed E-state index contributed by atoms with van der Waals surface area (Å²) in [6.07, 6.45) is -3.38. The molecule has 0 aliphatic heterocycles. The number of halogens is 4. The number of anilines is 3. The summed E-state index contributed by atoms with van der Waals surface area (Å²) >= 11 is 5.64. The Kier molecular flexibility index (Phi) is 5.33. The minimum absolute atomic E-state index is 0.0595. The molecule has 0 spiro atoms. The van der Waals surface area contributed by atoms with Crippen LogP contribution in [0.1, 0.15) is 16.7 Å². The van der Waals surface area contributed by atoms with Gasteiger partial charge in [-0.1, -0.05) is 17.7 Å². The van der Waals surface area contributed by atoms with Crippen molar-refractivity contribution in [1.82, 2.24) is 9.97 Å². The van der Waals surface area contributed by atoms with Gasteiger partial charge in [0, 0.05) is 5.69 Å². The number of nitrogen functional groups attached to an aromatic ring is 1. The summed E-state index contributed by atoms with van der Waals surface area (Å²) in [4.78, 5) is 7.98. The van der Waals surface area contributed by atoms with Crippen LogP contribution < -0.4 is 15.8 Å². The van der Waals surface area contributed by atoms with Crippen LogP contribution in [0.2, 0.25) is 5.02 Å². The molecule has 2 aromatic carbocycles. The lowest BCUT2D eigenvalue weighted by Crippen LogP contribution is -2.07. The standard InChI is InChI=1S/C19H16ClF3N4O/c1-10-3-5-13(7-11(10)2)28-18-16(24)17(25-9-26-18)27-12-4-6-15(20)14(8-12)19(21,22)23/h3-9H,24H2,1-2H3,(H,25,26,27). The molecule has 0 amide bonds. The molecule has 3 N–H and O–H groups in total. The van der Waals surface area contributed by atoms with Crippen molar-refractivity contribution < 1.29 is 17.9 Å². The zero-order valence-corrected chi connectivity index (χ0v) is 15.7. The first-order valence-electron chi connectivity index (χ1n) is 8.14. The van der Waals surface area contributed by atoms with Crippen molar-refractivity contribution in [1.29, 1.82) is 0 Å². The summed E-state index contributed by atoms with van der Waals surface area (Å²) in [5.74, 6) is 0.736. The van der Waals surface area contributed by atoms with Crippen LogP contribution >= 0.6 is 11.6 Å². The third kappa shape index (κ3) is 4.28. The monoisotopic (exact) mass is 408 g/mol. The maximum absolute atomic E-state index is 13.0. The normalized spacial score (nSPS) is 11.4. The van der Waals surface area contributed by atoms with E-state index in [4.69, 9.17) is 22.1 Å². The lowest BCUT2D eigenvalue weighted by Gasteiger charge is -2.14. The van der Waals surface area contributed by atoms with Crippen molar-refractivity contribution in [2.45, 2.75) is 20.0 Å². The van der Waals surface area contributed by atoms with Crippen molar-refractivity contribution in [2.75, 3.05) is 11.1 Å². The van der Waals surface area contributed by atoms with Gasteiger partial charge in [0.15, 0.2) is 5.82 Å². The van der Waals surface area contributed by atoms with Gasteiger partial charge in [0.1, 0.15) is 17.8 Å². The van der Waals surface area contributed by atoms with Gasteiger partial charge in [-0.3, -0.25) is 0 Å². The summed E-state index contributed by atoms with van der Waals surface area (Å²) in [7, 11) is 0. The highest BCUT2D eigenvalue weighted by Crippen LogP contribution is 2.37. The zero-order chi connectivity index (χ0) is 20.5. The molecule has 1 aromatic heterocycles. The summed E-state index contributed by atoms with van der Waals surface area (Å²) in [6, 6.07) is 8.92. The van der Waals surface area contributed by atoms with Gasteiger partial charge in [-0.25, -0.2) is 4.98 Å². The number of hydrogen-bond donors (Lipinski definition) is 2. The number of nitrogens with two attached hydrogens (primary N) is 1. The largest absolute Gasteiger partial charge is 0.437 e. The number of rotatable bonds is 4. The topological polar surface area (TPSA) is 73.1 Å². The number of ether oxygens (including phenoxy) is 1. The number of benzene rings is 2. The fourth-order valence-electron chi connectivity index (χ4n) is 2.41. The zero-order valence-electron chi connectivity index (χ0n) is 14.9. The molecule has 146 valence electrons. The Hall–Kier alpha value is -3.00. The smallest absolute Gasteiger partial charge is 0.417 e. The van der Waals surface area contributed by atoms with Crippen LogP contribution in [0.25, 0.3) is 0 Å². The van der Waals surface area contributed by atoms with Gasteiger partial charge >= 0.3 is 6.18 Å². The van der Waals surface area contributed by atoms with E-state index in [0.29, 0.717) is 5.75 Å². The van der Waals surface area contributed by atoms with Crippen molar-refractivity contribution in [3.05, 3.63) is 64.4 Å². The van der Waals surface area contributed by atoms with Crippen LogP contribution in [0, 0.1) is 13.8 Å². The number of aryl methyl sites for hydroxylation is 2. The van der Waals surface area contributed by atoms with Crippen LogP contribution in [-0.4, -0.2) is 9.97 Å². The van der Waals surface area contributed by atoms with Gasteiger partial charge in [-0.15, -0.1) is 0 Å². The Morgan fingerprint density at radius 1 is 1.04 bits per heavy atom. The lowest BCUT2D eigenvalue weighted by atomic mass is 10.1. The minimum Gasteiger partial charge on any atom is -0.437 e. The second-order valence-electron chi connectivity index (χ2n) is 6.11. The van der Waals surface area contributed by atoms with Crippen LogP contribution in [0.3, 0.4) is 0 Å². The van der Waals surface area contributed by atoms with E-state index in [1.807, 2.05) is 26.0 Å². The molecule has 0 unspecified atom stereocenters. The van der Waals surface area contributed by atoms with E-state index in [1.54, 1.807) is 6.07 Å². The molecule has 0 aliphatic rings. The van der Waals surface area contributed by atoms with Gasteiger partial charge in [-0.05, 0) is 55.3 Å². The second kappa shape index (κ2) is 7.55. The lowest BCUT2D eigenvalue weighted by molar-refractivity contribution is -0.137.